The first-order valence-corrected chi connectivity index (χ1v) is 10.3. The second-order valence-corrected chi connectivity index (χ2v) is 8.15. The number of rotatable bonds is 8. The first-order valence-electron chi connectivity index (χ1n) is 8.47. The van der Waals surface area contributed by atoms with Gasteiger partial charge in [0.15, 0.2) is 5.88 Å². The Labute approximate surface area is 177 Å². The van der Waals surface area contributed by atoms with Crippen molar-refractivity contribution in [2.24, 2.45) is 11.5 Å². The summed E-state index contributed by atoms with van der Waals surface area (Å²) in [4.78, 5) is 0. The van der Waals surface area contributed by atoms with Crippen molar-refractivity contribution in [3.05, 3.63) is 82.7 Å². The monoisotopic (exact) mass is 461 g/mol. The highest BCUT2D eigenvalue weighted by atomic mass is 35.5. The molecule has 0 amide bonds. The van der Waals surface area contributed by atoms with Crippen LogP contribution in [0.15, 0.2) is 66.6 Å². The summed E-state index contributed by atoms with van der Waals surface area (Å²) in [5, 5.41) is 0.644. The van der Waals surface area contributed by atoms with E-state index in [-0.39, 0.29) is 17.3 Å². The van der Waals surface area contributed by atoms with Crippen molar-refractivity contribution in [1.82, 2.24) is 0 Å². The molecule has 0 aliphatic rings. The Morgan fingerprint density at radius 2 is 1.63 bits per heavy atom. The van der Waals surface area contributed by atoms with Gasteiger partial charge in [-0.25, -0.2) is 0 Å². The van der Waals surface area contributed by atoms with Crippen molar-refractivity contribution in [2.45, 2.75) is 11.9 Å². The summed E-state index contributed by atoms with van der Waals surface area (Å²) >= 11 is 5.82. The SMILES string of the molecule is N/C(=C\C=C(/N)OCCc1ccc(Cl)cc1)c1ccc(NS(=O)(=O)C(F)(F)F)cc1. The molecule has 162 valence electrons. The molecule has 2 rings (SSSR count). The van der Waals surface area contributed by atoms with Gasteiger partial charge in [0.2, 0.25) is 0 Å². The largest absolute Gasteiger partial charge is 0.516 e. The summed E-state index contributed by atoms with van der Waals surface area (Å²) in [7, 11) is -5.48. The van der Waals surface area contributed by atoms with E-state index in [9.17, 15) is 21.6 Å². The number of benzene rings is 2. The topological polar surface area (TPSA) is 107 Å². The predicted molar refractivity (Wildman–Crippen MR) is 111 cm³/mol. The first-order chi connectivity index (χ1) is 14.0. The molecule has 0 saturated carbocycles. The number of anilines is 1. The maximum absolute atomic E-state index is 12.4. The zero-order chi connectivity index (χ0) is 22.4. The molecule has 0 atom stereocenters. The molecule has 0 radical (unpaired) electrons. The Hall–Kier alpha value is -2.85. The molecule has 5 N–H and O–H groups in total. The van der Waals surface area contributed by atoms with E-state index in [2.05, 4.69) is 0 Å². The zero-order valence-corrected chi connectivity index (χ0v) is 17.1. The van der Waals surface area contributed by atoms with Crippen molar-refractivity contribution < 1.29 is 26.3 Å². The molecule has 0 fully saturated rings. The van der Waals surface area contributed by atoms with Crippen LogP contribution >= 0.6 is 11.6 Å². The summed E-state index contributed by atoms with van der Waals surface area (Å²) in [6, 6.07) is 12.4. The average Bonchev–Trinajstić information content (AvgIpc) is 2.67. The minimum Gasteiger partial charge on any atom is -0.479 e. The number of alkyl halides is 3. The number of ether oxygens (including phenoxy) is 1. The van der Waals surface area contributed by atoms with Crippen molar-refractivity contribution in [1.29, 1.82) is 0 Å². The third-order valence-electron chi connectivity index (χ3n) is 3.78. The molecule has 30 heavy (non-hydrogen) atoms. The lowest BCUT2D eigenvalue weighted by atomic mass is 10.1. The number of halogens is 4. The summed E-state index contributed by atoms with van der Waals surface area (Å²) in [5.41, 5.74) is 7.75. The molecule has 0 aliphatic carbocycles. The fourth-order valence-corrected chi connectivity index (χ4v) is 2.89. The lowest BCUT2D eigenvalue weighted by molar-refractivity contribution is -0.0429. The lowest BCUT2D eigenvalue weighted by Crippen LogP contribution is -2.29. The first kappa shape index (κ1) is 23.4. The van der Waals surface area contributed by atoms with Gasteiger partial charge in [0.25, 0.3) is 0 Å². The van der Waals surface area contributed by atoms with Crippen LogP contribution in [0.3, 0.4) is 0 Å². The summed E-state index contributed by atoms with van der Waals surface area (Å²) < 4.78 is 66.2. The number of nitrogens with two attached hydrogens (primary N) is 2. The van der Waals surface area contributed by atoms with Crippen molar-refractivity contribution in [2.75, 3.05) is 11.3 Å². The van der Waals surface area contributed by atoms with Gasteiger partial charge < -0.3 is 16.2 Å². The van der Waals surface area contributed by atoms with E-state index in [1.54, 1.807) is 12.1 Å². The third-order valence-corrected chi connectivity index (χ3v) is 5.14. The maximum Gasteiger partial charge on any atom is 0.516 e. The van der Waals surface area contributed by atoms with E-state index >= 15 is 0 Å². The normalized spacial score (nSPS) is 13.2. The summed E-state index contributed by atoms with van der Waals surface area (Å²) in [5.74, 6) is 0.126. The number of nitrogens with one attached hydrogen (secondary N) is 1. The van der Waals surface area contributed by atoms with Crippen LogP contribution in [0.5, 0.6) is 0 Å². The van der Waals surface area contributed by atoms with Crippen LogP contribution in [0.2, 0.25) is 5.02 Å². The second-order valence-electron chi connectivity index (χ2n) is 6.04. The van der Waals surface area contributed by atoms with Crippen LogP contribution in [0.25, 0.3) is 5.70 Å². The number of allylic oxidation sites excluding steroid dienone is 2. The Kier molecular flexibility index (Phi) is 7.63. The molecule has 0 spiro atoms. The highest BCUT2D eigenvalue weighted by Gasteiger charge is 2.45. The van der Waals surface area contributed by atoms with Crippen LogP contribution < -0.4 is 16.2 Å². The van der Waals surface area contributed by atoms with Crippen LogP contribution in [0.1, 0.15) is 11.1 Å². The molecular formula is C19H19ClF3N3O3S. The second kappa shape index (κ2) is 9.77. The zero-order valence-electron chi connectivity index (χ0n) is 15.5. The minimum absolute atomic E-state index is 0.126. The van der Waals surface area contributed by atoms with Gasteiger partial charge in [-0.15, -0.1) is 0 Å². The van der Waals surface area contributed by atoms with Gasteiger partial charge >= 0.3 is 15.5 Å². The maximum atomic E-state index is 12.4. The standard InChI is InChI=1S/C19H19ClF3N3O3S/c20-15-5-1-13(2-6-15)11-12-29-18(25)10-9-17(24)14-3-7-16(8-4-14)26-30(27,28)19(21,22)23/h1-10,26H,11-12,24-25H2/b17-9-,18-10+. The summed E-state index contributed by atoms with van der Waals surface area (Å²) in [6.45, 7) is 0.339. The van der Waals surface area contributed by atoms with Gasteiger partial charge in [-0.1, -0.05) is 35.9 Å². The van der Waals surface area contributed by atoms with Crippen LogP contribution in [-0.2, 0) is 21.2 Å². The van der Waals surface area contributed by atoms with Gasteiger partial charge in [0, 0.05) is 22.8 Å². The Morgan fingerprint density at radius 3 is 2.20 bits per heavy atom. The van der Waals surface area contributed by atoms with E-state index in [1.807, 2.05) is 12.1 Å². The van der Waals surface area contributed by atoms with Gasteiger partial charge in [-0.05, 0) is 47.5 Å². The van der Waals surface area contributed by atoms with Gasteiger partial charge in [-0.2, -0.15) is 21.6 Å². The molecule has 0 aliphatic heterocycles. The molecule has 0 aromatic heterocycles. The molecule has 0 bridgehead atoms. The molecule has 11 heteroatoms. The van der Waals surface area contributed by atoms with E-state index < -0.39 is 15.5 Å². The fourth-order valence-electron chi connectivity index (χ4n) is 2.20. The Morgan fingerprint density at radius 1 is 1.03 bits per heavy atom. The van der Waals surface area contributed by atoms with Crippen molar-refractivity contribution in [3.63, 3.8) is 0 Å². The average molecular weight is 462 g/mol. The molecule has 0 heterocycles. The molecule has 0 saturated heterocycles. The molecule has 6 nitrogen and oxygen atoms in total. The number of sulfonamides is 1. The van der Waals surface area contributed by atoms with Crippen LogP contribution in [0, 0.1) is 0 Å². The highest BCUT2D eigenvalue weighted by molar-refractivity contribution is 7.93. The molecular weight excluding hydrogens is 443 g/mol. The van der Waals surface area contributed by atoms with Gasteiger partial charge in [-0.3, -0.25) is 4.72 Å². The highest BCUT2D eigenvalue weighted by Crippen LogP contribution is 2.25. The van der Waals surface area contributed by atoms with E-state index in [0.29, 0.717) is 23.6 Å². The summed E-state index contributed by atoms with van der Waals surface area (Å²) in [6.07, 6.45) is 3.53. The minimum atomic E-state index is -5.48. The Bertz CT molecular complexity index is 1020. The van der Waals surface area contributed by atoms with Crippen molar-refractivity contribution >= 4 is 33.0 Å². The van der Waals surface area contributed by atoms with Crippen LogP contribution in [-0.4, -0.2) is 20.5 Å². The smallest absolute Gasteiger partial charge is 0.479 e. The van der Waals surface area contributed by atoms with Crippen LogP contribution in [0.4, 0.5) is 18.9 Å². The number of hydrogen-bond donors (Lipinski definition) is 3. The van der Waals surface area contributed by atoms with Gasteiger partial charge in [0.05, 0.1) is 6.61 Å². The molecule has 0 unspecified atom stereocenters. The Balaban J connectivity index is 1.93. The molecule has 2 aromatic rings. The predicted octanol–water partition coefficient (Wildman–Crippen LogP) is 3.96. The molecule has 2 aromatic carbocycles. The van der Waals surface area contributed by atoms with Gasteiger partial charge in [0.1, 0.15) is 0 Å². The number of hydrogen-bond acceptors (Lipinski definition) is 5. The third kappa shape index (κ3) is 6.89. The van der Waals surface area contributed by atoms with E-state index in [4.69, 9.17) is 27.8 Å². The van der Waals surface area contributed by atoms with E-state index in [0.717, 1.165) is 17.7 Å². The quantitative estimate of drug-likeness (QED) is 0.407. The fraction of sp³-hybridized carbons (Fsp3) is 0.158. The van der Waals surface area contributed by atoms with Crippen molar-refractivity contribution in [3.8, 4) is 0 Å². The lowest BCUT2D eigenvalue weighted by Gasteiger charge is -2.11. The van der Waals surface area contributed by atoms with E-state index in [1.165, 1.54) is 29.0 Å².